The van der Waals surface area contributed by atoms with Gasteiger partial charge in [0.05, 0.1) is 10.6 Å². The fourth-order valence-electron chi connectivity index (χ4n) is 1.90. The van der Waals surface area contributed by atoms with Crippen LogP contribution in [0.2, 0.25) is 0 Å². The van der Waals surface area contributed by atoms with Crippen LogP contribution in [-0.2, 0) is 22.1 Å². The third kappa shape index (κ3) is 3.26. The van der Waals surface area contributed by atoms with Crippen LogP contribution in [0.15, 0.2) is 51.8 Å². The predicted octanol–water partition coefficient (Wildman–Crippen LogP) is 3.02. The van der Waals surface area contributed by atoms with E-state index in [0.29, 0.717) is 15.6 Å². The van der Waals surface area contributed by atoms with E-state index < -0.39 is 15.7 Å². The molecule has 2 rings (SSSR count). The van der Waals surface area contributed by atoms with Gasteiger partial charge in [-0.15, -0.1) is 0 Å². The van der Waals surface area contributed by atoms with Crippen LogP contribution in [0.1, 0.15) is 11.1 Å². The first-order valence-corrected chi connectivity index (χ1v) is 8.33. The van der Waals surface area contributed by atoms with Gasteiger partial charge in [0.25, 0.3) is 0 Å². The molecule has 0 aliphatic rings. The van der Waals surface area contributed by atoms with E-state index in [1.165, 1.54) is 24.3 Å². The summed E-state index contributed by atoms with van der Waals surface area (Å²) in [4.78, 5) is 0.215. The van der Waals surface area contributed by atoms with Gasteiger partial charge >= 0.3 is 0 Å². The first-order chi connectivity index (χ1) is 9.44. The summed E-state index contributed by atoms with van der Waals surface area (Å²) in [5.74, 6) is -0.630. The first-order valence-electron chi connectivity index (χ1n) is 5.88. The van der Waals surface area contributed by atoms with Gasteiger partial charge in [-0.25, -0.2) is 12.8 Å². The predicted molar refractivity (Wildman–Crippen MR) is 79.3 cm³/mol. The number of sulfone groups is 1. The van der Waals surface area contributed by atoms with Crippen LogP contribution in [0, 0.1) is 5.82 Å². The van der Waals surface area contributed by atoms with E-state index >= 15 is 0 Å². The Hall–Kier alpha value is -1.24. The topological polar surface area (TPSA) is 60.2 Å². The molecule has 0 aromatic heterocycles. The van der Waals surface area contributed by atoms with Gasteiger partial charge < -0.3 is 5.73 Å². The van der Waals surface area contributed by atoms with Crippen molar-refractivity contribution in [2.24, 2.45) is 5.73 Å². The molecule has 0 aliphatic carbocycles. The summed E-state index contributed by atoms with van der Waals surface area (Å²) in [5.41, 5.74) is 6.55. The van der Waals surface area contributed by atoms with Crippen LogP contribution in [-0.4, -0.2) is 8.42 Å². The smallest absolute Gasteiger partial charge is 0.183 e. The average Bonchev–Trinajstić information content (AvgIpc) is 2.41. The minimum atomic E-state index is -3.51. The molecule has 0 saturated carbocycles. The Balaban J connectivity index is 2.41. The van der Waals surface area contributed by atoms with Gasteiger partial charge in [-0.2, -0.15) is 0 Å². The Bertz CT molecular complexity index is 732. The quantitative estimate of drug-likeness (QED) is 0.914. The van der Waals surface area contributed by atoms with E-state index in [-0.39, 0.29) is 17.2 Å². The molecule has 2 N–H and O–H groups in total. The van der Waals surface area contributed by atoms with Gasteiger partial charge in [0.15, 0.2) is 9.84 Å². The third-order valence-electron chi connectivity index (χ3n) is 2.91. The van der Waals surface area contributed by atoms with Crippen molar-refractivity contribution in [3.8, 4) is 0 Å². The monoisotopic (exact) mass is 357 g/mol. The Morgan fingerprint density at radius 3 is 2.45 bits per heavy atom. The van der Waals surface area contributed by atoms with E-state index in [2.05, 4.69) is 15.9 Å². The molecule has 20 heavy (non-hydrogen) atoms. The lowest BCUT2D eigenvalue weighted by atomic mass is 10.1. The Morgan fingerprint density at radius 1 is 1.10 bits per heavy atom. The van der Waals surface area contributed by atoms with E-state index in [4.69, 9.17) is 5.73 Å². The summed E-state index contributed by atoms with van der Waals surface area (Å²) in [6.07, 6.45) is 0. The molecule has 0 radical (unpaired) electrons. The maximum absolute atomic E-state index is 13.1. The van der Waals surface area contributed by atoms with E-state index in [9.17, 15) is 12.8 Å². The van der Waals surface area contributed by atoms with Gasteiger partial charge in [-0.3, -0.25) is 0 Å². The lowest BCUT2D eigenvalue weighted by Crippen LogP contribution is -2.10. The zero-order chi connectivity index (χ0) is 14.8. The van der Waals surface area contributed by atoms with Crippen molar-refractivity contribution in [3.05, 3.63) is 63.9 Å². The van der Waals surface area contributed by atoms with Gasteiger partial charge in [-0.1, -0.05) is 18.2 Å². The SMILES string of the molecule is NCc1cc(F)ccc1CS(=O)(=O)c1ccccc1Br. The number of benzene rings is 2. The molecule has 0 aliphatic heterocycles. The highest BCUT2D eigenvalue weighted by Gasteiger charge is 2.19. The van der Waals surface area contributed by atoms with Crippen molar-refractivity contribution in [1.82, 2.24) is 0 Å². The van der Waals surface area contributed by atoms with Crippen molar-refractivity contribution in [2.75, 3.05) is 0 Å². The highest BCUT2D eigenvalue weighted by molar-refractivity contribution is 9.10. The molecule has 0 heterocycles. The minimum absolute atomic E-state index is 0.0958. The van der Waals surface area contributed by atoms with Crippen LogP contribution in [0.4, 0.5) is 4.39 Å². The van der Waals surface area contributed by atoms with Crippen LogP contribution < -0.4 is 5.73 Å². The lowest BCUT2D eigenvalue weighted by Gasteiger charge is -2.10. The highest BCUT2D eigenvalue weighted by atomic mass is 79.9. The molecule has 2 aromatic carbocycles. The van der Waals surface area contributed by atoms with Crippen LogP contribution in [0.5, 0.6) is 0 Å². The molecular weight excluding hydrogens is 345 g/mol. The molecule has 0 bridgehead atoms. The highest BCUT2D eigenvalue weighted by Crippen LogP contribution is 2.25. The van der Waals surface area contributed by atoms with E-state index in [1.54, 1.807) is 18.2 Å². The van der Waals surface area contributed by atoms with Crippen LogP contribution in [0.25, 0.3) is 0 Å². The third-order valence-corrected chi connectivity index (χ3v) is 5.58. The second kappa shape index (κ2) is 6.03. The van der Waals surface area contributed by atoms with Gasteiger partial charge in [0, 0.05) is 11.0 Å². The first kappa shape index (κ1) is 15.2. The number of hydrogen-bond donors (Lipinski definition) is 1. The molecule has 0 saturated heterocycles. The summed E-state index contributed by atoms with van der Waals surface area (Å²) in [5, 5.41) is 0. The van der Waals surface area contributed by atoms with E-state index in [0.717, 1.165) is 0 Å². The second-order valence-corrected chi connectivity index (χ2v) is 7.12. The fraction of sp³-hybridized carbons (Fsp3) is 0.143. The normalized spacial score (nSPS) is 11.6. The summed E-state index contributed by atoms with van der Waals surface area (Å²) in [6.45, 7) is 0.0958. The number of rotatable bonds is 4. The second-order valence-electron chi connectivity index (χ2n) is 4.31. The summed E-state index contributed by atoms with van der Waals surface area (Å²) >= 11 is 3.23. The fourth-order valence-corrected chi connectivity index (χ4v) is 4.43. The lowest BCUT2D eigenvalue weighted by molar-refractivity contribution is 0.594. The molecule has 0 atom stereocenters. The van der Waals surface area contributed by atoms with Crippen LogP contribution >= 0.6 is 15.9 Å². The number of halogens is 2. The molecule has 0 unspecified atom stereocenters. The van der Waals surface area contributed by atoms with Crippen molar-refractivity contribution in [1.29, 1.82) is 0 Å². The van der Waals surface area contributed by atoms with E-state index in [1.807, 2.05) is 0 Å². The van der Waals surface area contributed by atoms with Crippen molar-refractivity contribution in [3.63, 3.8) is 0 Å². The van der Waals surface area contributed by atoms with Gasteiger partial charge in [-0.05, 0) is 51.3 Å². The standard InChI is InChI=1S/C14H13BrFNO2S/c15-13-3-1-2-4-14(13)20(18,19)9-10-5-6-12(16)7-11(10)8-17/h1-7H,8-9,17H2. The Morgan fingerprint density at radius 2 is 1.80 bits per heavy atom. The van der Waals surface area contributed by atoms with Crippen molar-refractivity contribution < 1.29 is 12.8 Å². The maximum atomic E-state index is 13.1. The Kier molecular flexibility index (Phi) is 4.57. The zero-order valence-corrected chi connectivity index (χ0v) is 12.9. The number of nitrogens with two attached hydrogens (primary N) is 1. The Labute approximate surface area is 125 Å². The van der Waals surface area contributed by atoms with Crippen molar-refractivity contribution >= 4 is 25.8 Å². The van der Waals surface area contributed by atoms with Gasteiger partial charge in [0.2, 0.25) is 0 Å². The summed E-state index contributed by atoms with van der Waals surface area (Å²) in [7, 11) is -3.51. The van der Waals surface area contributed by atoms with Crippen LogP contribution in [0.3, 0.4) is 0 Å². The largest absolute Gasteiger partial charge is 0.326 e. The molecule has 6 heteroatoms. The maximum Gasteiger partial charge on any atom is 0.183 e. The molecule has 0 fully saturated rings. The van der Waals surface area contributed by atoms with Crippen molar-refractivity contribution in [2.45, 2.75) is 17.2 Å². The molecule has 0 spiro atoms. The number of hydrogen-bond acceptors (Lipinski definition) is 3. The summed E-state index contributed by atoms with van der Waals surface area (Å²) in [6, 6.07) is 10.6. The molecular formula is C14H13BrFNO2S. The molecule has 3 nitrogen and oxygen atoms in total. The minimum Gasteiger partial charge on any atom is -0.326 e. The summed E-state index contributed by atoms with van der Waals surface area (Å²) < 4.78 is 38.5. The zero-order valence-electron chi connectivity index (χ0n) is 10.5. The average molecular weight is 358 g/mol. The molecule has 2 aromatic rings. The molecule has 106 valence electrons. The molecule has 0 amide bonds. The van der Waals surface area contributed by atoms with Gasteiger partial charge in [0.1, 0.15) is 5.82 Å².